The molecule has 204 valence electrons. The van der Waals surface area contributed by atoms with E-state index in [-0.39, 0.29) is 12.5 Å². The number of allylic oxidation sites excluding steroid dienone is 2. The monoisotopic (exact) mass is 502 g/mol. The molecule has 1 aliphatic rings. The lowest BCUT2D eigenvalue weighted by Crippen LogP contribution is -2.27. The third kappa shape index (κ3) is 18.0. The van der Waals surface area contributed by atoms with Crippen LogP contribution in [0.5, 0.6) is 0 Å². The van der Waals surface area contributed by atoms with E-state index in [0.717, 1.165) is 18.8 Å². The van der Waals surface area contributed by atoms with E-state index in [4.69, 9.17) is 0 Å². The first-order valence-electron chi connectivity index (χ1n) is 14.2. The van der Waals surface area contributed by atoms with Crippen LogP contribution >= 0.6 is 0 Å². The number of rotatable bonds is 16. The highest BCUT2D eigenvalue weighted by Gasteiger charge is 2.11. The van der Waals surface area contributed by atoms with E-state index >= 15 is 0 Å². The maximum atomic E-state index is 11.6. The Labute approximate surface area is 219 Å². The molecule has 6 nitrogen and oxygen atoms in total. The molecule has 1 amide bonds. The molecule has 1 saturated carbocycles. The number of benzene rings is 1. The van der Waals surface area contributed by atoms with E-state index in [1.54, 1.807) is 11.9 Å². The molecule has 36 heavy (non-hydrogen) atoms. The summed E-state index contributed by atoms with van der Waals surface area (Å²) < 4.78 is 0. The molecule has 1 aromatic rings. The lowest BCUT2D eigenvalue weighted by atomic mass is 9.93. The minimum Gasteiger partial charge on any atom is -0.346 e. The number of hydrogen-bond donors (Lipinski definition) is 0. The summed E-state index contributed by atoms with van der Waals surface area (Å²) in [5.41, 5.74) is 1.51. The van der Waals surface area contributed by atoms with E-state index < -0.39 is 5.09 Å². The van der Waals surface area contributed by atoms with Crippen molar-refractivity contribution < 1.29 is 14.7 Å². The van der Waals surface area contributed by atoms with Crippen molar-refractivity contribution in [3.05, 3.63) is 58.2 Å². The number of carbonyl (C=O) groups is 1. The highest BCUT2D eigenvalue weighted by atomic mass is 16.9. The Kier molecular flexibility index (Phi) is 19.2. The second-order valence-corrected chi connectivity index (χ2v) is 9.98. The van der Waals surface area contributed by atoms with Gasteiger partial charge >= 0.3 is 0 Å². The van der Waals surface area contributed by atoms with E-state index in [1.807, 2.05) is 19.1 Å². The Morgan fingerprint density at radius 3 is 2.42 bits per heavy atom. The van der Waals surface area contributed by atoms with Crippen molar-refractivity contribution >= 4 is 5.91 Å². The molecule has 0 aliphatic heterocycles. The molecule has 0 heterocycles. The summed E-state index contributed by atoms with van der Waals surface area (Å²) in [4.78, 5) is 27.4. The first kappa shape index (κ1) is 31.7. The Morgan fingerprint density at radius 1 is 1.03 bits per heavy atom. The third-order valence-electron chi connectivity index (χ3n) is 6.90. The van der Waals surface area contributed by atoms with Gasteiger partial charge in [-0.1, -0.05) is 100 Å². The van der Waals surface area contributed by atoms with Crippen molar-refractivity contribution in [1.29, 1.82) is 0 Å². The molecule has 0 atom stereocenters. The highest BCUT2D eigenvalue weighted by molar-refractivity contribution is 5.75. The van der Waals surface area contributed by atoms with E-state index in [1.165, 1.54) is 76.2 Å². The molecule has 0 saturated heterocycles. The molecule has 0 spiro atoms. The van der Waals surface area contributed by atoms with Gasteiger partial charge in [-0.25, -0.2) is 0 Å². The van der Waals surface area contributed by atoms with Gasteiger partial charge in [-0.2, -0.15) is 0 Å². The lowest BCUT2D eigenvalue weighted by molar-refractivity contribution is -0.757. The molecule has 0 aromatic heterocycles. The van der Waals surface area contributed by atoms with E-state index in [2.05, 4.69) is 35.2 Å². The van der Waals surface area contributed by atoms with Crippen LogP contribution in [0.4, 0.5) is 0 Å². The summed E-state index contributed by atoms with van der Waals surface area (Å²) >= 11 is 0. The summed E-state index contributed by atoms with van der Waals surface area (Å²) in [6.07, 6.45) is 23.7. The quantitative estimate of drug-likeness (QED) is 0.0756. The van der Waals surface area contributed by atoms with Crippen LogP contribution in [0.1, 0.15) is 109 Å². The number of nitrogens with zero attached hydrogens (tertiary/aromatic N) is 2. The van der Waals surface area contributed by atoms with E-state index in [9.17, 15) is 14.9 Å². The normalized spacial score (nSPS) is 14.1. The van der Waals surface area contributed by atoms with Crippen LogP contribution in [0.2, 0.25) is 0 Å². The average molecular weight is 503 g/mol. The smallest absolute Gasteiger partial charge is 0.294 e. The molecule has 0 unspecified atom stereocenters. The van der Waals surface area contributed by atoms with Gasteiger partial charge in [0.2, 0.25) is 5.91 Å². The minimum atomic E-state index is -0.796. The van der Waals surface area contributed by atoms with Gasteiger partial charge in [-0.3, -0.25) is 4.79 Å². The predicted octanol–water partition coefficient (Wildman–Crippen LogP) is 7.94. The van der Waals surface area contributed by atoms with Crippen molar-refractivity contribution in [2.45, 2.75) is 110 Å². The fourth-order valence-corrected chi connectivity index (χ4v) is 4.68. The molecule has 1 fully saturated rings. The maximum Gasteiger partial charge on any atom is 0.294 e. The highest BCUT2D eigenvalue weighted by Crippen LogP contribution is 2.27. The first-order chi connectivity index (χ1) is 17.5. The van der Waals surface area contributed by atoms with Crippen LogP contribution in [-0.2, 0) is 16.1 Å². The number of amides is 1. The van der Waals surface area contributed by atoms with Crippen LogP contribution in [0.3, 0.4) is 0 Å². The van der Waals surface area contributed by atoms with Gasteiger partial charge in [-0.15, -0.1) is 10.1 Å². The zero-order valence-electron chi connectivity index (χ0n) is 22.9. The van der Waals surface area contributed by atoms with Crippen molar-refractivity contribution in [1.82, 2.24) is 4.90 Å². The number of unbranched alkanes of at least 4 members (excludes halogenated alkanes) is 4. The van der Waals surface area contributed by atoms with Crippen molar-refractivity contribution in [2.75, 3.05) is 20.2 Å². The second-order valence-electron chi connectivity index (χ2n) is 9.98. The SMILES string of the molecule is C/C=C\CCCC(=O)N(C)CCCCO[N+](=O)[O-].c1ccc(CCCCCC2CCCCCC2)cc1. The molecule has 1 aromatic carbocycles. The lowest BCUT2D eigenvalue weighted by Gasteiger charge is -2.16. The molecule has 0 radical (unpaired) electrons. The zero-order valence-corrected chi connectivity index (χ0v) is 22.9. The van der Waals surface area contributed by atoms with Crippen molar-refractivity contribution in [2.24, 2.45) is 5.92 Å². The molecule has 1 aliphatic carbocycles. The fraction of sp³-hybridized carbons (Fsp3) is 0.700. The third-order valence-corrected chi connectivity index (χ3v) is 6.90. The van der Waals surface area contributed by atoms with Gasteiger partial charge in [0.15, 0.2) is 0 Å². The number of hydrogen-bond acceptors (Lipinski definition) is 4. The largest absolute Gasteiger partial charge is 0.346 e. The molecule has 0 bridgehead atoms. The summed E-state index contributed by atoms with van der Waals surface area (Å²) in [5, 5.41) is 9.09. The number of aryl methyl sites for hydroxylation is 1. The minimum absolute atomic E-state index is 0.0936. The number of carbonyl (C=O) groups excluding carboxylic acids is 1. The molecular formula is C30H50N2O4. The second kappa shape index (κ2) is 21.9. The topological polar surface area (TPSA) is 72.7 Å². The predicted molar refractivity (Wildman–Crippen MR) is 148 cm³/mol. The molecule has 2 rings (SSSR count). The van der Waals surface area contributed by atoms with Gasteiger partial charge in [0.05, 0.1) is 6.61 Å². The van der Waals surface area contributed by atoms with Crippen LogP contribution in [0, 0.1) is 16.0 Å². The zero-order chi connectivity index (χ0) is 26.3. The van der Waals surface area contributed by atoms with Crippen molar-refractivity contribution in [3.8, 4) is 0 Å². The van der Waals surface area contributed by atoms with E-state index in [0.29, 0.717) is 25.8 Å². The van der Waals surface area contributed by atoms with Crippen LogP contribution < -0.4 is 0 Å². The van der Waals surface area contributed by atoms with Gasteiger partial charge in [0.25, 0.3) is 5.09 Å². The Hall–Kier alpha value is -2.37. The van der Waals surface area contributed by atoms with Gasteiger partial charge in [0, 0.05) is 20.0 Å². The Bertz CT molecular complexity index is 700. The molecule has 6 heteroatoms. The molecule has 0 N–H and O–H groups in total. The standard InChI is InChI=1S/C18H28.C12H22N2O4/c1-2-6-12-17(11-5-1)13-7-3-8-14-18-15-9-4-10-16-18;1-3-4-5-6-9-12(15)13(2)10-7-8-11-18-14(16)17/h4,9-10,15-17H,1-3,5-8,11-14H2;3-4H,5-11H2,1-2H3/b;4-3-. The van der Waals surface area contributed by atoms with Gasteiger partial charge in [-0.05, 0) is 56.9 Å². The van der Waals surface area contributed by atoms with Crippen LogP contribution in [0.15, 0.2) is 42.5 Å². The maximum absolute atomic E-state index is 11.6. The average Bonchev–Trinajstić information content (AvgIpc) is 3.16. The Balaban J connectivity index is 0.000000360. The van der Waals surface area contributed by atoms with Gasteiger partial charge in [0.1, 0.15) is 0 Å². The fourth-order valence-electron chi connectivity index (χ4n) is 4.68. The molecular weight excluding hydrogens is 452 g/mol. The summed E-state index contributed by atoms with van der Waals surface area (Å²) in [6.45, 7) is 2.67. The summed E-state index contributed by atoms with van der Waals surface area (Å²) in [6, 6.07) is 10.9. The van der Waals surface area contributed by atoms with Crippen molar-refractivity contribution in [3.63, 3.8) is 0 Å². The summed E-state index contributed by atoms with van der Waals surface area (Å²) in [5.74, 6) is 1.18. The van der Waals surface area contributed by atoms with Crippen LogP contribution in [0.25, 0.3) is 0 Å². The Morgan fingerprint density at radius 2 is 1.75 bits per heavy atom. The van der Waals surface area contributed by atoms with Gasteiger partial charge < -0.3 is 9.74 Å². The first-order valence-corrected chi connectivity index (χ1v) is 14.2. The summed E-state index contributed by atoms with van der Waals surface area (Å²) in [7, 11) is 1.76. The van der Waals surface area contributed by atoms with Crippen LogP contribution in [-0.4, -0.2) is 36.1 Å².